The number of piperidine rings is 1. The Labute approximate surface area is 268 Å². The summed E-state index contributed by atoms with van der Waals surface area (Å²) in [6.45, 7) is 7.29. The summed E-state index contributed by atoms with van der Waals surface area (Å²) in [5.74, 6) is 0.986. The van der Waals surface area contributed by atoms with Gasteiger partial charge in [-0.3, -0.25) is 4.90 Å². The second-order valence-electron chi connectivity index (χ2n) is 13.4. The number of aryl methyl sites for hydroxylation is 2. The number of fused-ring (bicyclic) bond motifs is 1. The predicted molar refractivity (Wildman–Crippen MR) is 179 cm³/mol. The van der Waals surface area contributed by atoms with E-state index in [0.29, 0.717) is 22.8 Å². The zero-order chi connectivity index (χ0) is 30.7. The molecule has 2 aliphatic heterocycles. The molecule has 0 spiro atoms. The van der Waals surface area contributed by atoms with Gasteiger partial charge in [0.2, 0.25) is 16.0 Å². The van der Waals surface area contributed by atoms with Crippen molar-refractivity contribution in [3.05, 3.63) is 40.5 Å². The highest BCUT2D eigenvalue weighted by Gasteiger charge is 2.31. The fourth-order valence-electron chi connectivity index (χ4n) is 7.69. The van der Waals surface area contributed by atoms with E-state index >= 15 is 0 Å². The van der Waals surface area contributed by atoms with Crippen molar-refractivity contribution in [3.63, 3.8) is 0 Å². The van der Waals surface area contributed by atoms with Gasteiger partial charge in [0, 0.05) is 56.0 Å². The maximum atomic E-state index is 11.9. The number of likely N-dealkylation sites (tertiary alicyclic amines) is 1. The quantitative estimate of drug-likeness (QED) is 0.366. The van der Waals surface area contributed by atoms with Crippen LogP contribution in [0.2, 0.25) is 5.02 Å². The van der Waals surface area contributed by atoms with E-state index in [-0.39, 0.29) is 12.1 Å². The molecule has 3 N–H and O–H groups in total. The van der Waals surface area contributed by atoms with Gasteiger partial charge in [-0.1, -0.05) is 30.5 Å². The van der Waals surface area contributed by atoms with Crippen LogP contribution in [-0.2, 0) is 22.9 Å². The number of likely N-dealkylation sites (N-methyl/N-ethyl adjacent to an activating group) is 1. The normalized spacial score (nSPS) is 26.6. The van der Waals surface area contributed by atoms with E-state index in [4.69, 9.17) is 11.6 Å². The summed E-state index contributed by atoms with van der Waals surface area (Å²) in [6.07, 6.45) is 13.7. The van der Waals surface area contributed by atoms with Crippen molar-refractivity contribution in [1.29, 1.82) is 0 Å². The van der Waals surface area contributed by atoms with E-state index in [9.17, 15) is 8.42 Å². The third-order valence-electron chi connectivity index (χ3n) is 10.2. The highest BCUT2D eigenvalue weighted by Crippen LogP contribution is 2.31. The molecule has 2 aromatic rings. The average Bonchev–Trinajstić information content (AvgIpc) is 3.22. The van der Waals surface area contributed by atoms with E-state index in [2.05, 4.69) is 65.3 Å². The molecule has 0 amide bonds. The number of sulfonamides is 1. The van der Waals surface area contributed by atoms with Gasteiger partial charge >= 0.3 is 0 Å². The van der Waals surface area contributed by atoms with Crippen LogP contribution in [0.3, 0.4) is 0 Å². The molecule has 2 saturated heterocycles. The van der Waals surface area contributed by atoms with Crippen molar-refractivity contribution in [2.24, 2.45) is 0 Å². The summed E-state index contributed by atoms with van der Waals surface area (Å²) in [4.78, 5) is 17.1. The molecule has 242 valence electrons. The highest BCUT2D eigenvalue weighted by atomic mass is 35.5. The molecule has 3 atom stereocenters. The molecule has 1 aromatic carbocycles. The number of benzene rings is 1. The van der Waals surface area contributed by atoms with Crippen LogP contribution in [0.5, 0.6) is 0 Å². The zero-order valence-electron chi connectivity index (χ0n) is 26.3. The summed E-state index contributed by atoms with van der Waals surface area (Å²) in [7, 11) is -1.07. The monoisotopic (exact) mass is 644 g/mol. The van der Waals surface area contributed by atoms with Crippen molar-refractivity contribution in [3.8, 4) is 0 Å². The molecule has 1 aromatic heterocycles. The number of piperazine rings is 1. The highest BCUT2D eigenvalue weighted by molar-refractivity contribution is 7.88. The Morgan fingerprint density at radius 1 is 0.841 bits per heavy atom. The maximum absolute atomic E-state index is 11.9. The summed E-state index contributed by atoms with van der Waals surface area (Å²) < 4.78 is 26.6. The number of halogens is 1. The smallest absolute Gasteiger partial charge is 0.229 e. The van der Waals surface area contributed by atoms with Crippen molar-refractivity contribution < 1.29 is 8.42 Å². The second-order valence-corrected chi connectivity index (χ2v) is 15.6. The molecule has 44 heavy (non-hydrogen) atoms. The van der Waals surface area contributed by atoms with Gasteiger partial charge in [0.25, 0.3) is 0 Å². The van der Waals surface area contributed by atoms with Crippen LogP contribution in [-0.4, -0.2) is 110 Å². The molecule has 3 heterocycles. The first kappa shape index (κ1) is 31.9. The second kappa shape index (κ2) is 14.2. The Balaban J connectivity index is 1.05. The molecule has 1 saturated carbocycles. The molecule has 10 nitrogen and oxygen atoms in total. The van der Waals surface area contributed by atoms with Crippen LogP contribution >= 0.6 is 11.6 Å². The molecule has 0 bridgehead atoms. The van der Waals surface area contributed by atoms with Crippen LogP contribution in [0.25, 0.3) is 0 Å². The standard InChI is InChI=1S/C32H49ClN8O2S/c1-39-17-19-41(20-18-39)27-13-15-40(16-14-27)26-11-8-23-7-10-25(21-24(23)9-12-26)35-32-34-22-28(33)31(37-32)36-29-5-3-4-6-30(29)38-44(2,42)43/h7,10,21-22,26-27,29-30,38H,3-6,8-9,11-20H2,1-2H3,(H2,34,35,36,37)/t26?,29-,30-/m1/s1. The van der Waals surface area contributed by atoms with Crippen molar-refractivity contribution in [2.75, 3.05) is 63.2 Å². The number of hydrogen-bond acceptors (Lipinski definition) is 9. The minimum Gasteiger partial charge on any atom is -0.364 e. The molecule has 4 aliphatic rings. The molecule has 2 aliphatic carbocycles. The van der Waals surface area contributed by atoms with Crippen LogP contribution in [0.1, 0.15) is 62.5 Å². The van der Waals surface area contributed by atoms with Gasteiger partial charge in [0.15, 0.2) is 5.82 Å². The first-order valence-corrected chi connectivity index (χ1v) is 18.8. The lowest BCUT2D eigenvalue weighted by molar-refractivity contribution is 0.0514. The van der Waals surface area contributed by atoms with Crippen molar-refractivity contribution >= 4 is 39.1 Å². The summed E-state index contributed by atoms with van der Waals surface area (Å²) in [5, 5.41) is 7.21. The summed E-state index contributed by atoms with van der Waals surface area (Å²) in [5.41, 5.74) is 3.83. The van der Waals surface area contributed by atoms with Crippen molar-refractivity contribution in [2.45, 2.75) is 88.4 Å². The number of aromatic nitrogens is 2. The van der Waals surface area contributed by atoms with Gasteiger partial charge in [-0.15, -0.1) is 0 Å². The third-order valence-corrected chi connectivity index (χ3v) is 11.2. The Morgan fingerprint density at radius 3 is 2.23 bits per heavy atom. The van der Waals surface area contributed by atoms with Crippen molar-refractivity contribution in [1.82, 2.24) is 29.4 Å². The molecule has 0 radical (unpaired) electrons. The fraction of sp³-hybridized carbons (Fsp3) is 0.688. The Kier molecular flexibility index (Phi) is 10.3. The van der Waals surface area contributed by atoms with Crippen LogP contribution in [0.4, 0.5) is 17.5 Å². The maximum Gasteiger partial charge on any atom is 0.229 e. The largest absolute Gasteiger partial charge is 0.364 e. The third kappa shape index (κ3) is 8.22. The first-order valence-electron chi connectivity index (χ1n) is 16.5. The van der Waals surface area contributed by atoms with E-state index < -0.39 is 10.0 Å². The average molecular weight is 645 g/mol. The van der Waals surface area contributed by atoms with E-state index in [1.807, 2.05) is 0 Å². The summed E-state index contributed by atoms with van der Waals surface area (Å²) >= 11 is 6.48. The number of rotatable bonds is 8. The fourth-order valence-corrected chi connectivity index (χ4v) is 8.67. The van der Waals surface area contributed by atoms with Crippen LogP contribution in [0.15, 0.2) is 24.4 Å². The Hall–Kier alpha value is -2.02. The lowest BCUT2D eigenvalue weighted by Crippen LogP contribution is -2.53. The molecule has 3 fully saturated rings. The predicted octanol–water partition coefficient (Wildman–Crippen LogP) is 4.11. The minimum absolute atomic E-state index is 0.0864. The van der Waals surface area contributed by atoms with Gasteiger partial charge in [-0.05, 0) is 94.8 Å². The molecule has 12 heteroatoms. The minimum atomic E-state index is -3.31. The first-order chi connectivity index (χ1) is 21.2. The van der Waals surface area contributed by atoms with Gasteiger partial charge in [0.1, 0.15) is 5.02 Å². The number of nitrogens with zero attached hydrogens (tertiary/aromatic N) is 5. The molecular formula is C32H49ClN8O2S. The van der Waals surface area contributed by atoms with E-state index in [1.165, 1.54) is 82.3 Å². The Bertz CT molecular complexity index is 1380. The lowest BCUT2D eigenvalue weighted by atomic mass is 9.91. The van der Waals surface area contributed by atoms with Gasteiger partial charge in [-0.2, -0.15) is 4.98 Å². The zero-order valence-corrected chi connectivity index (χ0v) is 27.8. The SMILES string of the molecule is CN1CCN(C2CCN(C3CCc4ccc(Nc5ncc(Cl)c(N[C@@H]6CCCC[C@H]6NS(C)(=O)=O)n5)cc4CC3)CC2)CC1. The number of nitrogens with one attached hydrogen (secondary N) is 3. The Morgan fingerprint density at radius 2 is 1.50 bits per heavy atom. The molecule has 1 unspecified atom stereocenters. The van der Waals surface area contributed by atoms with E-state index in [0.717, 1.165) is 50.3 Å². The van der Waals surface area contributed by atoms with Crippen LogP contribution < -0.4 is 15.4 Å². The number of hydrogen-bond donors (Lipinski definition) is 3. The number of anilines is 3. The molecule has 6 rings (SSSR count). The lowest BCUT2D eigenvalue weighted by Gasteiger charge is -2.44. The van der Waals surface area contributed by atoms with Gasteiger partial charge < -0.3 is 20.4 Å². The topological polar surface area (TPSA) is 106 Å². The van der Waals surface area contributed by atoms with Gasteiger partial charge in [-0.25, -0.2) is 18.1 Å². The van der Waals surface area contributed by atoms with E-state index in [1.54, 1.807) is 6.20 Å². The molecular weight excluding hydrogens is 596 g/mol. The van der Waals surface area contributed by atoms with Gasteiger partial charge in [0.05, 0.1) is 12.5 Å². The van der Waals surface area contributed by atoms with Crippen LogP contribution in [0, 0.1) is 0 Å². The summed E-state index contributed by atoms with van der Waals surface area (Å²) in [6, 6.07) is 7.78.